The molecule has 3 fully saturated rings. The smallest absolute Gasteiger partial charge is 0.0295 e. The van der Waals surface area contributed by atoms with Crippen LogP contribution in [0.4, 0.5) is 0 Å². The molecule has 3 rings (SSSR count). The summed E-state index contributed by atoms with van der Waals surface area (Å²) in [5.74, 6) is 4.15. The molecule has 3 saturated carbocycles. The molecule has 0 aromatic carbocycles. The molecule has 0 unspecified atom stereocenters. The Kier molecular flexibility index (Phi) is 1.79. The van der Waals surface area contributed by atoms with Crippen molar-refractivity contribution in [3.05, 3.63) is 0 Å². The summed E-state index contributed by atoms with van der Waals surface area (Å²) in [7, 11) is 0. The van der Waals surface area contributed by atoms with E-state index in [9.17, 15) is 0 Å². The zero-order valence-corrected chi connectivity index (χ0v) is 8.93. The molecule has 0 heterocycles. The van der Waals surface area contributed by atoms with Gasteiger partial charge in [0.2, 0.25) is 0 Å². The van der Waals surface area contributed by atoms with E-state index in [1.807, 2.05) is 0 Å². The van der Waals surface area contributed by atoms with Crippen LogP contribution < -0.4 is 0 Å². The van der Waals surface area contributed by atoms with Crippen molar-refractivity contribution in [2.45, 2.75) is 47.0 Å². The molecule has 0 N–H and O–H groups in total. The monoisotopic (exact) mass is 166 g/mol. The molecule has 70 valence electrons. The van der Waals surface area contributed by atoms with E-state index in [0.29, 0.717) is 5.41 Å². The fourth-order valence-corrected chi connectivity index (χ4v) is 3.89. The van der Waals surface area contributed by atoms with E-state index >= 15 is 0 Å². The Bertz CT molecular complexity index is 180. The van der Waals surface area contributed by atoms with Gasteiger partial charge in [0.1, 0.15) is 0 Å². The maximum Gasteiger partial charge on any atom is -0.0295 e. The highest BCUT2D eigenvalue weighted by Gasteiger charge is 2.55. The van der Waals surface area contributed by atoms with E-state index in [0.717, 1.165) is 23.7 Å². The first-order valence-corrected chi connectivity index (χ1v) is 5.57. The Hall–Kier alpha value is 0. The van der Waals surface area contributed by atoms with Crippen LogP contribution in [0.2, 0.25) is 0 Å². The Labute approximate surface area is 76.7 Å². The number of fused-ring (bicyclic) bond motifs is 2. The molecule has 0 aliphatic heterocycles. The van der Waals surface area contributed by atoms with Gasteiger partial charge in [-0.3, -0.25) is 0 Å². The van der Waals surface area contributed by atoms with Crippen molar-refractivity contribution in [3.8, 4) is 0 Å². The summed E-state index contributed by atoms with van der Waals surface area (Å²) in [6.45, 7) is 9.80. The summed E-state index contributed by atoms with van der Waals surface area (Å²) < 4.78 is 0. The zero-order valence-electron chi connectivity index (χ0n) is 8.93. The van der Waals surface area contributed by atoms with Gasteiger partial charge in [-0.05, 0) is 41.9 Å². The van der Waals surface area contributed by atoms with Gasteiger partial charge in [0.25, 0.3) is 0 Å². The van der Waals surface area contributed by atoms with Crippen LogP contribution in [0, 0.1) is 29.1 Å². The molecule has 0 radical (unpaired) electrons. The van der Waals surface area contributed by atoms with E-state index in [-0.39, 0.29) is 0 Å². The molecular formula is C12H22. The minimum Gasteiger partial charge on any atom is -0.0651 e. The van der Waals surface area contributed by atoms with Crippen LogP contribution in [-0.4, -0.2) is 0 Å². The van der Waals surface area contributed by atoms with E-state index in [2.05, 4.69) is 27.7 Å². The second-order valence-corrected chi connectivity index (χ2v) is 5.65. The molecule has 0 aromatic rings. The van der Waals surface area contributed by atoms with Crippen LogP contribution in [0.25, 0.3) is 0 Å². The fraction of sp³-hybridized carbons (Fsp3) is 1.00. The first kappa shape index (κ1) is 8.59. The third kappa shape index (κ3) is 0.900. The molecule has 0 heteroatoms. The molecule has 0 nitrogen and oxygen atoms in total. The van der Waals surface area contributed by atoms with Crippen molar-refractivity contribution in [1.82, 2.24) is 0 Å². The van der Waals surface area contributed by atoms with Gasteiger partial charge in [-0.1, -0.05) is 34.1 Å². The lowest BCUT2D eigenvalue weighted by molar-refractivity contribution is -0.131. The summed E-state index contributed by atoms with van der Waals surface area (Å²) >= 11 is 0. The van der Waals surface area contributed by atoms with Crippen molar-refractivity contribution < 1.29 is 0 Å². The third-order valence-corrected chi connectivity index (χ3v) is 4.92. The molecule has 0 spiro atoms. The number of hydrogen-bond acceptors (Lipinski definition) is 0. The average molecular weight is 166 g/mol. The van der Waals surface area contributed by atoms with E-state index < -0.39 is 0 Å². The van der Waals surface area contributed by atoms with Crippen molar-refractivity contribution in [1.29, 1.82) is 0 Å². The molecule has 2 bridgehead atoms. The standard InChI is InChI=1S/C12H22/c1-5-10-8(2)6-9-7-11(10)12(9,3)4/h8-11H,5-7H2,1-4H3/t8-,9+,10+,11+/m1/s1. The first-order valence-electron chi connectivity index (χ1n) is 5.57. The summed E-state index contributed by atoms with van der Waals surface area (Å²) in [5.41, 5.74) is 0.688. The van der Waals surface area contributed by atoms with Gasteiger partial charge in [-0.25, -0.2) is 0 Å². The van der Waals surface area contributed by atoms with Gasteiger partial charge >= 0.3 is 0 Å². The van der Waals surface area contributed by atoms with Crippen molar-refractivity contribution >= 4 is 0 Å². The molecular weight excluding hydrogens is 144 g/mol. The summed E-state index contributed by atoms with van der Waals surface area (Å²) in [6.07, 6.45) is 4.44. The van der Waals surface area contributed by atoms with E-state index in [1.165, 1.54) is 19.3 Å². The molecule has 3 aliphatic rings. The maximum absolute atomic E-state index is 2.49. The molecule has 0 aromatic heterocycles. The van der Waals surface area contributed by atoms with Crippen LogP contribution in [-0.2, 0) is 0 Å². The minimum atomic E-state index is 0.688. The SMILES string of the molecule is CC[C@H]1[C@H](C)C[C@H]2C[C@@H]1C2(C)C. The number of rotatable bonds is 1. The predicted octanol–water partition coefficient (Wildman–Crippen LogP) is 3.71. The lowest BCUT2D eigenvalue weighted by atomic mass is 9.43. The summed E-state index contributed by atoms with van der Waals surface area (Å²) in [4.78, 5) is 0. The Morgan fingerprint density at radius 2 is 1.92 bits per heavy atom. The molecule has 0 saturated heterocycles. The Morgan fingerprint density at radius 3 is 2.33 bits per heavy atom. The van der Waals surface area contributed by atoms with Gasteiger partial charge in [0, 0.05) is 0 Å². The van der Waals surface area contributed by atoms with Crippen LogP contribution >= 0.6 is 0 Å². The highest BCUT2D eigenvalue weighted by molar-refractivity contribution is 5.04. The molecule has 12 heavy (non-hydrogen) atoms. The highest BCUT2D eigenvalue weighted by Crippen LogP contribution is 2.63. The minimum absolute atomic E-state index is 0.688. The number of hydrogen-bond donors (Lipinski definition) is 0. The lowest BCUT2D eigenvalue weighted by Crippen LogP contribution is -2.54. The first-order chi connectivity index (χ1) is 5.57. The van der Waals surface area contributed by atoms with Crippen molar-refractivity contribution in [2.75, 3.05) is 0 Å². The second-order valence-electron chi connectivity index (χ2n) is 5.65. The van der Waals surface area contributed by atoms with Gasteiger partial charge in [-0.2, -0.15) is 0 Å². The van der Waals surface area contributed by atoms with Crippen LogP contribution in [0.5, 0.6) is 0 Å². The van der Waals surface area contributed by atoms with E-state index in [1.54, 1.807) is 0 Å². The van der Waals surface area contributed by atoms with Gasteiger partial charge < -0.3 is 0 Å². The van der Waals surface area contributed by atoms with Crippen LogP contribution in [0.3, 0.4) is 0 Å². The van der Waals surface area contributed by atoms with Gasteiger partial charge in [0.05, 0.1) is 0 Å². The van der Waals surface area contributed by atoms with Crippen molar-refractivity contribution in [3.63, 3.8) is 0 Å². The second kappa shape index (κ2) is 2.49. The largest absolute Gasteiger partial charge is 0.0651 e. The maximum atomic E-state index is 2.49. The fourth-order valence-electron chi connectivity index (χ4n) is 3.89. The third-order valence-electron chi connectivity index (χ3n) is 4.92. The van der Waals surface area contributed by atoms with Gasteiger partial charge in [0.15, 0.2) is 0 Å². The normalized spacial score (nSPS) is 50.0. The van der Waals surface area contributed by atoms with Crippen molar-refractivity contribution in [2.24, 2.45) is 29.1 Å². The lowest BCUT2D eigenvalue weighted by Gasteiger charge is -2.62. The average Bonchev–Trinajstić information content (AvgIpc) is 2.03. The molecule has 4 atom stereocenters. The topological polar surface area (TPSA) is 0 Å². The predicted molar refractivity (Wildman–Crippen MR) is 52.9 cm³/mol. The Morgan fingerprint density at radius 1 is 1.25 bits per heavy atom. The highest BCUT2D eigenvalue weighted by atomic mass is 14.6. The zero-order chi connectivity index (χ0) is 8.93. The quantitative estimate of drug-likeness (QED) is 0.557. The molecule has 3 aliphatic carbocycles. The van der Waals surface area contributed by atoms with Crippen LogP contribution in [0.15, 0.2) is 0 Å². The van der Waals surface area contributed by atoms with E-state index in [4.69, 9.17) is 0 Å². The summed E-state index contributed by atoms with van der Waals surface area (Å²) in [6, 6.07) is 0. The Balaban J connectivity index is 2.15. The van der Waals surface area contributed by atoms with Crippen LogP contribution in [0.1, 0.15) is 47.0 Å². The summed E-state index contributed by atoms with van der Waals surface area (Å²) in [5, 5.41) is 0. The molecule has 0 amide bonds. The van der Waals surface area contributed by atoms with Gasteiger partial charge in [-0.15, -0.1) is 0 Å².